The van der Waals surface area contributed by atoms with E-state index in [-0.39, 0.29) is 6.04 Å². The summed E-state index contributed by atoms with van der Waals surface area (Å²) in [6.45, 7) is 10.2. The first kappa shape index (κ1) is 18.0. The molecular weight excluding hydrogens is 278 g/mol. The van der Waals surface area contributed by atoms with Crippen molar-refractivity contribution in [1.82, 2.24) is 10.6 Å². The number of hydrogen-bond donors (Lipinski definition) is 2. The molecule has 0 heterocycles. The molecule has 0 aliphatic heterocycles. The molecule has 0 saturated carbocycles. The van der Waals surface area contributed by atoms with Gasteiger partial charge in [0.15, 0.2) is 5.96 Å². The van der Waals surface area contributed by atoms with Gasteiger partial charge in [0.25, 0.3) is 0 Å². The first-order chi connectivity index (χ1) is 10.7. The topological polar surface area (TPSA) is 54.9 Å². The number of benzene rings is 1. The van der Waals surface area contributed by atoms with Gasteiger partial charge >= 0.3 is 0 Å². The third kappa shape index (κ3) is 6.63. The van der Waals surface area contributed by atoms with Crippen LogP contribution in [0.5, 0.6) is 5.75 Å². The van der Waals surface area contributed by atoms with E-state index < -0.39 is 0 Å². The molecular formula is C17H27N3O2. The number of nitrogens with zero attached hydrogens (tertiary/aromatic N) is 1. The zero-order valence-corrected chi connectivity index (χ0v) is 13.8. The third-order valence-electron chi connectivity index (χ3n) is 2.88. The SMILES string of the molecule is C=CCOc1ccccc1CN=C(NCC)NC(C)COC. The summed E-state index contributed by atoms with van der Waals surface area (Å²) < 4.78 is 10.8. The van der Waals surface area contributed by atoms with Gasteiger partial charge in [0, 0.05) is 25.3 Å². The van der Waals surface area contributed by atoms with E-state index in [9.17, 15) is 0 Å². The summed E-state index contributed by atoms with van der Waals surface area (Å²) in [5.41, 5.74) is 1.04. The van der Waals surface area contributed by atoms with Crippen LogP contribution in [0, 0.1) is 0 Å². The molecule has 0 aliphatic rings. The molecule has 0 amide bonds. The summed E-state index contributed by atoms with van der Waals surface area (Å²) in [5, 5.41) is 6.54. The van der Waals surface area contributed by atoms with E-state index in [1.807, 2.05) is 31.2 Å². The molecule has 0 fully saturated rings. The minimum absolute atomic E-state index is 0.190. The second-order valence-corrected chi connectivity index (χ2v) is 4.90. The molecule has 1 rings (SSSR count). The highest BCUT2D eigenvalue weighted by Gasteiger charge is 2.06. The van der Waals surface area contributed by atoms with Crippen LogP contribution >= 0.6 is 0 Å². The standard InChI is InChI=1S/C17H27N3O2/c1-5-11-22-16-10-8-7-9-15(16)12-19-17(18-6-2)20-14(3)13-21-4/h5,7-10,14H,1,6,11-13H2,2-4H3,(H2,18,19,20). The van der Waals surface area contributed by atoms with Crippen LogP contribution in [-0.2, 0) is 11.3 Å². The van der Waals surface area contributed by atoms with E-state index in [4.69, 9.17) is 9.47 Å². The molecule has 0 bridgehead atoms. The summed E-state index contributed by atoms with van der Waals surface area (Å²) in [7, 11) is 1.69. The number of ether oxygens (including phenoxy) is 2. The van der Waals surface area contributed by atoms with Crippen molar-refractivity contribution in [2.75, 3.05) is 26.9 Å². The van der Waals surface area contributed by atoms with E-state index in [1.165, 1.54) is 0 Å². The molecule has 0 spiro atoms. The smallest absolute Gasteiger partial charge is 0.191 e. The Bertz CT molecular complexity index is 475. The Morgan fingerprint density at radius 2 is 2.18 bits per heavy atom. The number of methoxy groups -OCH3 is 1. The van der Waals surface area contributed by atoms with E-state index in [2.05, 4.69) is 29.1 Å². The minimum Gasteiger partial charge on any atom is -0.489 e. The Labute approximate surface area is 133 Å². The number of aliphatic imine (C=N–C) groups is 1. The summed E-state index contributed by atoms with van der Waals surface area (Å²) in [5.74, 6) is 1.61. The van der Waals surface area contributed by atoms with Crippen molar-refractivity contribution < 1.29 is 9.47 Å². The van der Waals surface area contributed by atoms with Crippen LogP contribution in [-0.4, -0.2) is 38.9 Å². The molecule has 5 heteroatoms. The highest BCUT2D eigenvalue weighted by atomic mass is 16.5. The maximum atomic E-state index is 5.65. The molecule has 0 radical (unpaired) electrons. The lowest BCUT2D eigenvalue weighted by molar-refractivity contribution is 0.179. The average molecular weight is 305 g/mol. The van der Waals surface area contributed by atoms with Crippen molar-refractivity contribution in [1.29, 1.82) is 0 Å². The largest absolute Gasteiger partial charge is 0.489 e. The molecule has 1 aromatic rings. The zero-order chi connectivity index (χ0) is 16.2. The fraction of sp³-hybridized carbons (Fsp3) is 0.471. The van der Waals surface area contributed by atoms with Crippen molar-refractivity contribution in [3.8, 4) is 5.75 Å². The van der Waals surface area contributed by atoms with Gasteiger partial charge in [0.05, 0.1) is 13.2 Å². The minimum atomic E-state index is 0.190. The van der Waals surface area contributed by atoms with Crippen LogP contribution in [0.15, 0.2) is 41.9 Å². The zero-order valence-electron chi connectivity index (χ0n) is 13.8. The quantitative estimate of drug-likeness (QED) is 0.418. The molecule has 5 nitrogen and oxygen atoms in total. The number of hydrogen-bond acceptors (Lipinski definition) is 3. The van der Waals surface area contributed by atoms with Gasteiger partial charge in [-0.15, -0.1) is 0 Å². The fourth-order valence-electron chi connectivity index (χ4n) is 1.93. The lowest BCUT2D eigenvalue weighted by Gasteiger charge is -2.17. The van der Waals surface area contributed by atoms with Gasteiger partial charge in [-0.05, 0) is 19.9 Å². The van der Waals surface area contributed by atoms with Gasteiger partial charge in [-0.2, -0.15) is 0 Å². The Balaban J connectivity index is 2.74. The molecule has 1 aromatic carbocycles. The first-order valence-electron chi connectivity index (χ1n) is 7.56. The highest BCUT2D eigenvalue weighted by molar-refractivity contribution is 5.80. The van der Waals surface area contributed by atoms with Crippen LogP contribution in [0.3, 0.4) is 0 Å². The number of guanidine groups is 1. The number of rotatable bonds is 9. The summed E-state index contributed by atoms with van der Waals surface area (Å²) in [4.78, 5) is 4.61. The van der Waals surface area contributed by atoms with Gasteiger partial charge in [-0.25, -0.2) is 4.99 Å². The second-order valence-electron chi connectivity index (χ2n) is 4.90. The molecule has 0 aliphatic carbocycles. The lowest BCUT2D eigenvalue weighted by Crippen LogP contribution is -2.43. The van der Waals surface area contributed by atoms with Crippen molar-refractivity contribution in [2.45, 2.75) is 26.4 Å². The van der Waals surface area contributed by atoms with Crippen molar-refractivity contribution in [3.05, 3.63) is 42.5 Å². The van der Waals surface area contributed by atoms with Crippen LogP contribution in [0.4, 0.5) is 0 Å². The van der Waals surface area contributed by atoms with E-state index in [1.54, 1.807) is 13.2 Å². The molecule has 0 saturated heterocycles. The van der Waals surface area contributed by atoms with E-state index in [0.29, 0.717) is 19.8 Å². The lowest BCUT2D eigenvalue weighted by atomic mass is 10.2. The fourth-order valence-corrected chi connectivity index (χ4v) is 1.93. The maximum absolute atomic E-state index is 5.65. The van der Waals surface area contributed by atoms with Gasteiger partial charge < -0.3 is 20.1 Å². The Morgan fingerprint density at radius 3 is 2.86 bits per heavy atom. The Morgan fingerprint density at radius 1 is 1.41 bits per heavy atom. The van der Waals surface area contributed by atoms with Crippen LogP contribution in [0.25, 0.3) is 0 Å². The van der Waals surface area contributed by atoms with Gasteiger partial charge in [-0.3, -0.25) is 0 Å². The van der Waals surface area contributed by atoms with E-state index in [0.717, 1.165) is 23.8 Å². The van der Waals surface area contributed by atoms with Crippen LogP contribution < -0.4 is 15.4 Å². The van der Waals surface area contributed by atoms with Crippen LogP contribution in [0.1, 0.15) is 19.4 Å². The molecule has 2 N–H and O–H groups in total. The van der Waals surface area contributed by atoms with Crippen molar-refractivity contribution >= 4 is 5.96 Å². The van der Waals surface area contributed by atoms with Gasteiger partial charge in [-0.1, -0.05) is 30.9 Å². The monoisotopic (exact) mass is 305 g/mol. The maximum Gasteiger partial charge on any atom is 0.191 e. The molecule has 1 unspecified atom stereocenters. The molecule has 122 valence electrons. The summed E-state index contributed by atoms with van der Waals surface area (Å²) >= 11 is 0. The number of nitrogens with one attached hydrogen (secondary N) is 2. The number of para-hydroxylation sites is 1. The molecule has 0 aromatic heterocycles. The highest BCUT2D eigenvalue weighted by Crippen LogP contribution is 2.18. The Kier molecular flexibility index (Phi) is 8.76. The first-order valence-corrected chi connectivity index (χ1v) is 7.56. The average Bonchev–Trinajstić information content (AvgIpc) is 2.52. The molecule has 1 atom stereocenters. The Hall–Kier alpha value is -2.01. The molecule has 22 heavy (non-hydrogen) atoms. The second kappa shape index (κ2) is 10.7. The van der Waals surface area contributed by atoms with E-state index >= 15 is 0 Å². The summed E-state index contributed by atoms with van der Waals surface area (Å²) in [6, 6.07) is 8.09. The van der Waals surface area contributed by atoms with Crippen molar-refractivity contribution in [3.63, 3.8) is 0 Å². The predicted octanol–water partition coefficient (Wildman–Crippen LogP) is 2.34. The van der Waals surface area contributed by atoms with Crippen LogP contribution in [0.2, 0.25) is 0 Å². The van der Waals surface area contributed by atoms with Gasteiger partial charge in [0.1, 0.15) is 12.4 Å². The summed E-state index contributed by atoms with van der Waals surface area (Å²) in [6.07, 6.45) is 1.73. The third-order valence-corrected chi connectivity index (χ3v) is 2.88. The van der Waals surface area contributed by atoms with Gasteiger partial charge in [0.2, 0.25) is 0 Å². The van der Waals surface area contributed by atoms with Crippen molar-refractivity contribution in [2.24, 2.45) is 4.99 Å². The normalized spacial score (nSPS) is 12.6. The predicted molar refractivity (Wildman–Crippen MR) is 91.4 cm³/mol.